The van der Waals surface area contributed by atoms with Gasteiger partial charge < -0.3 is 14.4 Å². The highest BCUT2D eigenvalue weighted by molar-refractivity contribution is 5.93. The van der Waals surface area contributed by atoms with Gasteiger partial charge in [-0.2, -0.15) is 0 Å². The van der Waals surface area contributed by atoms with Crippen molar-refractivity contribution in [3.63, 3.8) is 0 Å². The fraction of sp³-hybridized carbons (Fsp3) is 0.667. The summed E-state index contributed by atoms with van der Waals surface area (Å²) in [6, 6.07) is 5.45. The molecule has 3 aliphatic rings. The van der Waals surface area contributed by atoms with Crippen LogP contribution < -0.4 is 0 Å². The molecule has 6 heteroatoms. The molecule has 0 unspecified atom stereocenters. The number of likely N-dealkylation sites (tertiary alicyclic amines) is 1. The number of morpholine rings is 1. The van der Waals surface area contributed by atoms with Crippen LogP contribution in [0.3, 0.4) is 0 Å². The molecule has 0 saturated carbocycles. The van der Waals surface area contributed by atoms with E-state index in [9.17, 15) is 4.79 Å². The molecule has 3 aliphatic heterocycles. The zero-order chi connectivity index (χ0) is 16.4. The third-order valence-electron chi connectivity index (χ3n) is 5.38. The number of rotatable bonds is 3. The van der Waals surface area contributed by atoms with Crippen LogP contribution in [-0.4, -0.2) is 78.8 Å². The van der Waals surface area contributed by atoms with Crippen molar-refractivity contribution in [1.82, 2.24) is 14.8 Å². The summed E-state index contributed by atoms with van der Waals surface area (Å²) in [6.07, 6.45) is 3.90. The molecule has 1 spiro atoms. The van der Waals surface area contributed by atoms with Crippen molar-refractivity contribution in [1.29, 1.82) is 0 Å². The lowest BCUT2D eigenvalue weighted by atomic mass is 9.82. The summed E-state index contributed by atoms with van der Waals surface area (Å²) >= 11 is 0. The average Bonchev–Trinajstić information content (AvgIpc) is 2.62. The first-order valence-electron chi connectivity index (χ1n) is 8.88. The Balaban J connectivity index is 1.24. The standard InChI is InChI=1S/C18H25N3O3/c22-17(16-3-1-2-6-19-16)21-13-18(14-21)5-4-15(12-24-18)11-20-7-9-23-10-8-20/h1-3,6,15H,4-5,7-14H2/t15-/m0/s1. The van der Waals surface area contributed by atoms with Gasteiger partial charge in [-0.05, 0) is 30.9 Å². The molecule has 6 nitrogen and oxygen atoms in total. The third kappa shape index (κ3) is 3.31. The van der Waals surface area contributed by atoms with E-state index in [4.69, 9.17) is 9.47 Å². The molecule has 130 valence electrons. The number of pyridine rings is 1. The molecule has 0 aliphatic carbocycles. The molecular weight excluding hydrogens is 306 g/mol. The van der Waals surface area contributed by atoms with E-state index in [1.54, 1.807) is 12.3 Å². The molecule has 1 amide bonds. The van der Waals surface area contributed by atoms with Crippen molar-refractivity contribution in [2.24, 2.45) is 5.92 Å². The number of carbonyl (C=O) groups excluding carboxylic acids is 1. The minimum atomic E-state index is -0.105. The zero-order valence-corrected chi connectivity index (χ0v) is 14.0. The van der Waals surface area contributed by atoms with Gasteiger partial charge in [0.15, 0.2) is 0 Å². The largest absolute Gasteiger partial charge is 0.379 e. The fourth-order valence-corrected chi connectivity index (χ4v) is 3.90. The molecule has 3 fully saturated rings. The molecule has 0 N–H and O–H groups in total. The lowest BCUT2D eigenvalue weighted by Gasteiger charge is -2.53. The van der Waals surface area contributed by atoms with Gasteiger partial charge in [0, 0.05) is 25.8 Å². The Morgan fingerprint density at radius 2 is 2.12 bits per heavy atom. The van der Waals surface area contributed by atoms with Crippen LogP contribution in [0, 0.1) is 5.92 Å². The van der Waals surface area contributed by atoms with Crippen molar-refractivity contribution < 1.29 is 14.3 Å². The van der Waals surface area contributed by atoms with Gasteiger partial charge in [0.05, 0.1) is 32.9 Å². The average molecular weight is 331 g/mol. The Kier molecular flexibility index (Phi) is 4.52. The van der Waals surface area contributed by atoms with Gasteiger partial charge in [-0.3, -0.25) is 14.7 Å². The number of hydrogen-bond acceptors (Lipinski definition) is 5. The summed E-state index contributed by atoms with van der Waals surface area (Å²) in [5, 5.41) is 0. The molecule has 4 heterocycles. The van der Waals surface area contributed by atoms with Crippen LogP contribution in [0.4, 0.5) is 0 Å². The predicted molar refractivity (Wildman–Crippen MR) is 88.8 cm³/mol. The predicted octanol–water partition coefficient (Wildman–Crippen LogP) is 1.03. The van der Waals surface area contributed by atoms with Crippen LogP contribution in [0.2, 0.25) is 0 Å². The maximum atomic E-state index is 12.4. The Hall–Kier alpha value is -1.50. The fourth-order valence-electron chi connectivity index (χ4n) is 3.90. The SMILES string of the molecule is O=C(c1ccccn1)N1CC2(CC[C@@H](CN3CCOCC3)CO2)C1. The summed E-state index contributed by atoms with van der Waals surface area (Å²) in [5.41, 5.74) is 0.416. The molecular formula is C18H25N3O3. The summed E-state index contributed by atoms with van der Waals surface area (Å²) in [5.74, 6) is 0.620. The molecule has 1 aromatic rings. The second-order valence-electron chi connectivity index (χ2n) is 7.19. The molecule has 0 radical (unpaired) electrons. The van der Waals surface area contributed by atoms with Gasteiger partial charge in [0.2, 0.25) is 0 Å². The van der Waals surface area contributed by atoms with E-state index in [2.05, 4.69) is 9.88 Å². The maximum Gasteiger partial charge on any atom is 0.272 e. The Bertz CT molecular complexity index is 558. The highest BCUT2D eigenvalue weighted by Crippen LogP contribution is 2.36. The Morgan fingerprint density at radius 3 is 2.79 bits per heavy atom. The smallest absolute Gasteiger partial charge is 0.272 e. The quantitative estimate of drug-likeness (QED) is 0.828. The minimum absolute atomic E-state index is 0.0141. The molecule has 0 aromatic carbocycles. The molecule has 1 aromatic heterocycles. The number of carbonyl (C=O) groups is 1. The maximum absolute atomic E-state index is 12.4. The van der Waals surface area contributed by atoms with Crippen LogP contribution in [0.25, 0.3) is 0 Å². The van der Waals surface area contributed by atoms with Gasteiger partial charge in [-0.1, -0.05) is 6.07 Å². The number of amides is 1. The van der Waals surface area contributed by atoms with Crippen molar-refractivity contribution in [3.05, 3.63) is 30.1 Å². The van der Waals surface area contributed by atoms with Crippen LogP contribution >= 0.6 is 0 Å². The van der Waals surface area contributed by atoms with Gasteiger partial charge in [-0.15, -0.1) is 0 Å². The normalized spacial score (nSPS) is 27.0. The van der Waals surface area contributed by atoms with E-state index >= 15 is 0 Å². The van der Waals surface area contributed by atoms with E-state index < -0.39 is 0 Å². The van der Waals surface area contributed by atoms with E-state index in [1.807, 2.05) is 17.0 Å². The van der Waals surface area contributed by atoms with Crippen molar-refractivity contribution in [2.75, 3.05) is 52.5 Å². The number of hydrogen-bond donors (Lipinski definition) is 0. The molecule has 0 bridgehead atoms. The van der Waals surface area contributed by atoms with Crippen LogP contribution in [0.1, 0.15) is 23.3 Å². The summed E-state index contributed by atoms with van der Waals surface area (Å²) in [6.45, 7) is 7.09. The highest BCUT2D eigenvalue weighted by atomic mass is 16.5. The van der Waals surface area contributed by atoms with Crippen LogP contribution in [0.15, 0.2) is 24.4 Å². The number of aromatic nitrogens is 1. The van der Waals surface area contributed by atoms with Gasteiger partial charge >= 0.3 is 0 Å². The lowest BCUT2D eigenvalue weighted by Crippen LogP contribution is -2.66. The second-order valence-corrected chi connectivity index (χ2v) is 7.19. The highest BCUT2D eigenvalue weighted by Gasteiger charge is 2.48. The van der Waals surface area contributed by atoms with Crippen LogP contribution in [0.5, 0.6) is 0 Å². The molecule has 1 atom stereocenters. The van der Waals surface area contributed by atoms with Crippen molar-refractivity contribution in [2.45, 2.75) is 18.4 Å². The van der Waals surface area contributed by atoms with E-state index in [-0.39, 0.29) is 11.5 Å². The summed E-state index contributed by atoms with van der Waals surface area (Å²) in [4.78, 5) is 20.8. The summed E-state index contributed by atoms with van der Waals surface area (Å²) < 4.78 is 11.6. The first-order chi connectivity index (χ1) is 11.7. The first kappa shape index (κ1) is 16.0. The van der Waals surface area contributed by atoms with Crippen molar-refractivity contribution in [3.8, 4) is 0 Å². The van der Waals surface area contributed by atoms with Gasteiger partial charge in [-0.25, -0.2) is 0 Å². The monoisotopic (exact) mass is 331 g/mol. The van der Waals surface area contributed by atoms with Crippen LogP contribution in [-0.2, 0) is 9.47 Å². The third-order valence-corrected chi connectivity index (χ3v) is 5.38. The molecule has 3 saturated heterocycles. The minimum Gasteiger partial charge on any atom is -0.379 e. The lowest BCUT2D eigenvalue weighted by molar-refractivity contribution is -0.169. The van der Waals surface area contributed by atoms with E-state index in [0.29, 0.717) is 24.7 Å². The van der Waals surface area contributed by atoms with E-state index in [0.717, 1.165) is 45.9 Å². The number of ether oxygens (including phenoxy) is 2. The topological polar surface area (TPSA) is 54.9 Å². The second kappa shape index (κ2) is 6.78. The zero-order valence-electron chi connectivity index (χ0n) is 14.0. The number of nitrogens with zero attached hydrogens (tertiary/aromatic N) is 3. The van der Waals surface area contributed by atoms with Crippen molar-refractivity contribution >= 4 is 5.91 Å². The first-order valence-corrected chi connectivity index (χ1v) is 8.88. The summed E-state index contributed by atoms with van der Waals surface area (Å²) in [7, 11) is 0. The Labute approximate surface area is 142 Å². The van der Waals surface area contributed by atoms with Gasteiger partial charge in [0.25, 0.3) is 5.91 Å². The van der Waals surface area contributed by atoms with Gasteiger partial charge in [0.1, 0.15) is 11.3 Å². The molecule has 4 rings (SSSR count). The molecule has 24 heavy (non-hydrogen) atoms. The van der Waals surface area contributed by atoms with E-state index in [1.165, 1.54) is 6.42 Å². The Morgan fingerprint density at radius 1 is 1.29 bits per heavy atom.